The van der Waals surface area contributed by atoms with Gasteiger partial charge in [-0.15, -0.1) is 0 Å². The molecule has 174 valence electrons. The zero-order valence-corrected chi connectivity index (χ0v) is 17.0. The molecule has 2 aromatic carbocycles. The molecule has 2 heterocycles. The summed E-state index contributed by atoms with van der Waals surface area (Å²) >= 11 is 0. The highest BCUT2D eigenvalue weighted by Crippen LogP contribution is 2.34. The Morgan fingerprint density at radius 3 is 1.47 bits per heavy atom. The standard InChI is InChI=1S/C23H15FO10/c24-19(20(27)9-3-1-5-13-17(9)11(25)7-15(33-13)22(29)30)21(28)10-4-2-6-14-18(10)12(26)8-16(34-14)23(31)32/h1-8,19-21,27-28H,(H,29,30)(H,31,32). The lowest BCUT2D eigenvalue weighted by Crippen LogP contribution is -2.24. The molecule has 4 N–H and O–H groups in total. The van der Waals surface area contributed by atoms with Crippen LogP contribution in [0.4, 0.5) is 4.39 Å². The average Bonchev–Trinajstić information content (AvgIpc) is 2.81. The molecule has 34 heavy (non-hydrogen) atoms. The Morgan fingerprint density at radius 1 is 0.735 bits per heavy atom. The second-order valence-corrected chi connectivity index (χ2v) is 7.33. The van der Waals surface area contributed by atoms with Crippen molar-refractivity contribution in [3.8, 4) is 0 Å². The Kier molecular flexibility index (Phi) is 5.73. The van der Waals surface area contributed by atoms with Gasteiger partial charge in [0.25, 0.3) is 0 Å². The van der Waals surface area contributed by atoms with Gasteiger partial charge < -0.3 is 29.3 Å². The molecule has 0 radical (unpaired) electrons. The number of carbonyl (C=O) groups is 2. The molecule has 2 unspecified atom stereocenters. The summed E-state index contributed by atoms with van der Waals surface area (Å²) in [4.78, 5) is 47.2. The van der Waals surface area contributed by atoms with Crippen molar-refractivity contribution in [3.63, 3.8) is 0 Å². The summed E-state index contributed by atoms with van der Waals surface area (Å²) in [6.07, 6.45) is -6.64. The van der Waals surface area contributed by atoms with Crippen molar-refractivity contribution in [2.24, 2.45) is 0 Å². The molecule has 0 aliphatic carbocycles. The fourth-order valence-corrected chi connectivity index (χ4v) is 3.69. The van der Waals surface area contributed by atoms with Gasteiger partial charge in [-0.1, -0.05) is 24.3 Å². The van der Waals surface area contributed by atoms with Crippen LogP contribution in [0.5, 0.6) is 0 Å². The molecule has 0 bridgehead atoms. The number of aliphatic hydroxyl groups excluding tert-OH is 2. The van der Waals surface area contributed by atoms with Crippen molar-refractivity contribution in [1.82, 2.24) is 0 Å². The second kappa shape index (κ2) is 8.54. The van der Waals surface area contributed by atoms with E-state index in [9.17, 15) is 29.4 Å². The van der Waals surface area contributed by atoms with E-state index in [1.807, 2.05) is 0 Å². The first-order chi connectivity index (χ1) is 16.1. The Morgan fingerprint density at radius 2 is 1.12 bits per heavy atom. The predicted molar refractivity (Wildman–Crippen MR) is 114 cm³/mol. The lowest BCUT2D eigenvalue weighted by molar-refractivity contribution is -0.0117. The summed E-state index contributed by atoms with van der Waals surface area (Å²) < 4.78 is 25.6. The van der Waals surface area contributed by atoms with Crippen LogP contribution in [-0.4, -0.2) is 38.5 Å². The SMILES string of the molecule is O=C(O)c1cc(=O)c2c(C(O)C(F)C(O)c3cccc4oc(C(=O)O)cc(=O)c34)cccc2o1. The van der Waals surface area contributed by atoms with Gasteiger partial charge >= 0.3 is 11.9 Å². The van der Waals surface area contributed by atoms with Crippen LogP contribution in [0.25, 0.3) is 21.9 Å². The van der Waals surface area contributed by atoms with Crippen LogP contribution in [0.2, 0.25) is 0 Å². The van der Waals surface area contributed by atoms with Gasteiger partial charge in [0.2, 0.25) is 11.5 Å². The van der Waals surface area contributed by atoms with Crippen LogP contribution in [0.3, 0.4) is 0 Å². The molecule has 0 fully saturated rings. The number of hydrogen-bond donors (Lipinski definition) is 4. The first-order valence-electron chi connectivity index (χ1n) is 9.70. The van der Waals surface area contributed by atoms with Crippen LogP contribution >= 0.6 is 0 Å². The third-order valence-corrected chi connectivity index (χ3v) is 5.24. The minimum atomic E-state index is -2.46. The highest BCUT2D eigenvalue weighted by molar-refractivity contribution is 5.89. The van der Waals surface area contributed by atoms with E-state index in [2.05, 4.69) is 0 Å². The zero-order chi connectivity index (χ0) is 24.7. The van der Waals surface area contributed by atoms with Crippen molar-refractivity contribution in [1.29, 1.82) is 0 Å². The maximum atomic E-state index is 15.3. The maximum absolute atomic E-state index is 15.3. The van der Waals surface area contributed by atoms with Crippen LogP contribution in [0, 0.1) is 0 Å². The molecule has 11 heteroatoms. The van der Waals surface area contributed by atoms with E-state index in [1.165, 1.54) is 36.4 Å². The molecule has 2 atom stereocenters. The predicted octanol–water partition coefficient (Wildman–Crippen LogP) is 2.40. The van der Waals surface area contributed by atoms with Gasteiger partial charge in [0.1, 0.15) is 23.4 Å². The van der Waals surface area contributed by atoms with Gasteiger partial charge in [0, 0.05) is 12.1 Å². The van der Waals surface area contributed by atoms with Gasteiger partial charge in [0.15, 0.2) is 17.0 Å². The number of fused-ring (bicyclic) bond motifs is 2. The summed E-state index contributed by atoms with van der Waals surface area (Å²) in [6.45, 7) is 0. The Labute approximate surface area is 187 Å². The molecular weight excluding hydrogens is 455 g/mol. The van der Waals surface area contributed by atoms with E-state index in [4.69, 9.17) is 19.0 Å². The monoisotopic (exact) mass is 470 g/mol. The molecule has 4 rings (SSSR count). The smallest absolute Gasteiger partial charge is 0.371 e. The summed E-state index contributed by atoms with van der Waals surface area (Å²) in [5.41, 5.74) is -2.65. The normalized spacial score (nSPS) is 14.1. The first kappa shape index (κ1) is 22.8. The van der Waals surface area contributed by atoms with E-state index < -0.39 is 52.7 Å². The average molecular weight is 470 g/mol. The van der Waals surface area contributed by atoms with Crippen LogP contribution < -0.4 is 10.9 Å². The summed E-state index contributed by atoms with van der Waals surface area (Å²) in [5.74, 6) is -4.29. The summed E-state index contributed by atoms with van der Waals surface area (Å²) in [5, 5.41) is 38.9. The number of alkyl halides is 1. The number of rotatable bonds is 6. The summed E-state index contributed by atoms with van der Waals surface area (Å²) in [7, 11) is 0. The van der Waals surface area contributed by atoms with E-state index in [1.54, 1.807) is 0 Å². The lowest BCUT2D eigenvalue weighted by atomic mass is 9.93. The van der Waals surface area contributed by atoms with E-state index in [-0.39, 0.29) is 33.1 Å². The third-order valence-electron chi connectivity index (χ3n) is 5.24. The molecule has 0 spiro atoms. The third kappa shape index (κ3) is 3.83. The Hall–Kier alpha value is -4.35. The zero-order valence-electron chi connectivity index (χ0n) is 17.0. The number of aliphatic hydroxyl groups is 2. The fourth-order valence-electron chi connectivity index (χ4n) is 3.69. The van der Waals surface area contributed by atoms with E-state index in [0.717, 1.165) is 0 Å². The highest BCUT2D eigenvalue weighted by Gasteiger charge is 2.33. The molecule has 4 aromatic rings. The van der Waals surface area contributed by atoms with Crippen molar-refractivity contribution >= 4 is 33.9 Å². The number of hydrogen-bond acceptors (Lipinski definition) is 8. The van der Waals surface area contributed by atoms with Gasteiger partial charge in [0.05, 0.1) is 10.8 Å². The number of halogens is 1. The molecule has 0 saturated carbocycles. The fraction of sp³-hybridized carbons (Fsp3) is 0.130. The van der Waals surface area contributed by atoms with Crippen LogP contribution in [0.15, 0.2) is 67.0 Å². The van der Waals surface area contributed by atoms with Crippen molar-refractivity contribution in [2.75, 3.05) is 0 Å². The Balaban J connectivity index is 1.79. The van der Waals surface area contributed by atoms with Gasteiger partial charge in [-0.05, 0) is 23.3 Å². The molecule has 0 aliphatic rings. The van der Waals surface area contributed by atoms with Crippen LogP contribution in [-0.2, 0) is 0 Å². The van der Waals surface area contributed by atoms with Crippen molar-refractivity contribution in [2.45, 2.75) is 18.4 Å². The maximum Gasteiger partial charge on any atom is 0.371 e. The summed E-state index contributed by atoms with van der Waals surface area (Å²) in [6, 6.07) is 8.91. The molecule has 0 aliphatic heterocycles. The minimum Gasteiger partial charge on any atom is -0.475 e. The Bertz CT molecular complexity index is 1450. The second-order valence-electron chi connectivity index (χ2n) is 7.33. The van der Waals surface area contributed by atoms with E-state index >= 15 is 4.39 Å². The molecule has 2 aromatic heterocycles. The first-order valence-corrected chi connectivity index (χ1v) is 9.70. The minimum absolute atomic E-state index is 0.213. The number of benzene rings is 2. The van der Waals surface area contributed by atoms with Crippen molar-refractivity contribution < 1.29 is 43.2 Å². The molecular formula is C23H15FO10. The molecule has 10 nitrogen and oxygen atoms in total. The largest absolute Gasteiger partial charge is 0.475 e. The number of carboxylic acid groups (broad SMARTS) is 2. The van der Waals surface area contributed by atoms with Gasteiger partial charge in [-0.25, -0.2) is 14.0 Å². The highest BCUT2D eigenvalue weighted by atomic mass is 19.1. The lowest BCUT2D eigenvalue weighted by Gasteiger charge is -2.23. The molecule has 0 saturated heterocycles. The number of aromatic carboxylic acids is 2. The van der Waals surface area contributed by atoms with E-state index in [0.29, 0.717) is 12.1 Å². The van der Waals surface area contributed by atoms with Crippen LogP contribution in [0.1, 0.15) is 44.4 Å². The van der Waals surface area contributed by atoms with Crippen molar-refractivity contribution in [3.05, 3.63) is 91.6 Å². The van der Waals surface area contributed by atoms with Gasteiger partial charge in [-0.2, -0.15) is 0 Å². The quantitative estimate of drug-likeness (QED) is 0.327. The molecule has 0 amide bonds. The number of carboxylic acids is 2. The van der Waals surface area contributed by atoms with Gasteiger partial charge in [-0.3, -0.25) is 9.59 Å². The topological polar surface area (TPSA) is 175 Å².